The molecule has 1 aliphatic rings. The molecule has 1 aromatic carbocycles. The molecule has 98 valence electrons. The first kappa shape index (κ1) is 13.5. The van der Waals surface area contributed by atoms with Crippen molar-refractivity contribution in [2.75, 3.05) is 29.2 Å². The summed E-state index contributed by atoms with van der Waals surface area (Å²) in [6, 6.07) is 5.58. The minimum absolute atomic E-state index is 0.0496. The molecule has 0 radical (unpaired) electrons. The average molecular weight is 287 g/mol. The highest BCUT2D eigenvalue weighted by molar-refractivity contribution is 6.31. The van der Waals surface area contributed by atoms with E-state index in [0.717, 1.165) is 24.5 Å². The Labute approximate surface area is 117 Å². The minimum Gasteiger partial charge on any atom is -0.370 e. The van der Waals surface area contributed by atoms with Crippen LogP contribution in [-0.4, -0.2) is 24.9 Å². The lowest BCUT2D eigenvalue weighted by molar-refractivity contribution is -0.113. The molecule has 0 unspecified atom stereocenters. The molecule has 1 N–H and O–H groups in total. The Morgan fingerprint density at radius 1 is 1.28 bits per heavy atom. The molecule has 0 aromatic heterocycles. The van der Waals surface area contributed by atoms with Crippen LogP contribution in [-0.2, 0) is 4.79 Å². The van der Waals surface area contributed by atoms with E-state index in [1.54, 1.807) is 6.07 Å². The second kappa shape index (κ2) is 6.30. The number of amides is 1. The zero-order valence-corrected chi connectivity index (χ0v) is 11.6. The van der Waals surface area contributed by atoms with E-state index in [2.05, 4.69) is 10.2 Å². The predicted molar refractivity (Wildman–Crippen MR) is 76.9 cm³/mol. The van der Waals surface area contributed by atoms with Gasteiger partial charge >= 0.3 is 0 Å². The number of carbonyl (C=O) groups excluding carboxylic acids is 1. The zero-order chi connectivity index (χ0) is 13.0. The second-order valence-electron chi connectivity index (χ2n) is 4.39. The van der Waals surface area contributed by atoms with E-state index >= 15 is 0 Å². The van der Waals surface area contributed by atoms with Gasteiger partial charge in [0.25, 0.3) is 0 Å². The van der Waals surface area contributed by atoms with Gasteiger partial charge in [0, 0.05) is 18.1 Å². The highest BCUT2D eigenvalue weighted by atomic mass is 35.5. The molecular formula is C13H16Cl2N2O. The number of halogens is 2. The molecule has 3 nitrogen and oxygen atoms in total. The summed E-state index contributed by atoms with van der Waals surface area (Å²) < 4.78 is 0. The monoisotopic (exact) mass is 286 g/mol. The van der Waals surface area contributed by atoms with Gasteiger partial charge in [-0.1, -0.05) is 11.6 Å². The summed E-state index contributed by atoms with van der Waals surface area (Å²) in [6.07, 6.45) is 3.64. The van der Waals surface area contributed by atoms with Crippen molar-refractivity contribution in [2.45, 2.75) is 19.3 Å². The molecule has 1 aromatic rings. The molecule has 1 saturated heterocycles. The highest BCUT2D eigenvalue weighted by Gasteiger charge is 2.15. The normalized spacial score (nSPS) is 15.6. The van der Waals surface area contributed by atoms with Crippen LogP contribution in [0.25, 0.3) is 0 Å². The summed E-state index contributed by atoms with van der Waals surface area (Å²) in [6.45, 7) is 2.04. The molecule has 18 heavy (non-hydrogen) atoms. The number of nitrogens with zero attached hydrogens (tertiary/aromatic N) is 1. The van der Waals surface area contributed by atoms with Crippen LogP contribution in [0.15, 0.2) is 18.2 Å². The van der Waals surface area contributed by atoms with Gasteiger partial charge in [0.2, 0.25) is 5.91 Å². The van der Waals surface area contributed by atoms with Gasteiger partial charge in [-0.2, -0.15) is 0 Å². The van der Waals surface area contributed by atoms with Crippen LogP contribution in [0.1, 0.15) is 19.3 Å². The standard InChI is InChI=1S/C13H16Cl2N2O/c14-9-13(18)16-11-8-10(15)4-5-12(11)17-6-2-1-3-7-17/h4-5,8H,1-3,6-7,9H2,(H,16,18). The maximum absolute atomic E-state index is 11.4. The van der Waals surface area contributed by atoms with Gasteiger partial charge in [0.1, 0.15) is 5.88 Å². The first-order chi connectivity index (χ1) is 8.70. The van der Waals surface area contributed by atoms with Gasteiger partial charge in [0.05, 0.1) is 11.4 Å². The Morgan fingerprint density at radius 2 is 2.00 bits per heavy atom. The molecular weight excluding hydrogens is 271 g/mol. The maximum Gasteiger partial charge on any atom is 0.239 e. The molecule has 1 heterocycles. The van der Waals surface area contributed by atoms with Crippen molar-refractivity contribution in [3.63, 3.8) is 0 Å². The third-order valence-electron chi connectivity index (χ3n) is 3.05. The lowest BCUT2D eigenvalue weighted by Crippen LogP contribution is -2.30. The third kappa shape index (κ3) is 3.30. The Kier molecular flexibility index (Phi) is 4.72. The Bertz CT molecular complexity index is 431. The van der Waals surface area contributed by atoms with E-state index in [-0.39, 0.29) is 11.8 Å². The van der Waals surface area contributed by atoms with Crippen molar-refractivity contribution in [2.24, 2.45) is 0 Å². The fourth-order valence-corrected chi connectivity index (χ4v) is 2.44. The minimum atomic E-state index is -0.211. The van der Waals surface area contributed by atoms with Crippen molar-refractivity contribution >= 4 is 40.5 Å². The molecule has 0 aliphatic carbocycles. The molecule has 1 aliphatic heterocycles. The first-order valence-corrected chi connectivity index (χ1v) is 7.02. The summed E-state index contributed by atoms with van der Waals surface area (Å²) >= 11 is 11.5. The topological polar surface area (TPSA) is 32.3 Å². The number of benzene rings is 1. The summed E-state index contributed by atoms with van der Waals surface area (Å²) in [4.78, 5) is 13.7. The van der Waals surface area contributed by atoms with Crippen LogP contribution in [0.4, 0.5) is 11.4 Å². The summed E-state index contributed by atoms with van der Waals surface area (Å²) in [5, 5.41) is 3.41. The van der Waals surface area contributed by atoms with Gasteiger partial charge in [-0.3, -0.25) is 4.79 Å². The number of carbonyl (C=O) groups is 1. The quantitative estimate of drug-likeness (QED) is 0.863. The molecule has 2 rings (SSSR count). The van der Waals surface area contributed by atoms with Gasteiger partial charge in [-0.05, 0) is 37.5 Å². The molecule has 0 atom stereocenters. The lowest BCUT2D eigenvalue weighted by Gasteiger charge is -2.30. The lowest BCUT2D eigenvalue weighted by atomic mass is 10.1. The second-order valence-corrected chi connectivity index (χ2v) is 5.09. The van der Waals surface area contributed by atoms with Crippen molar-refractivity contribution in [3.05, 3.63) is 23.2 Å². The molecule has 0 spiro atoms. The Hall–Kier alpha value is -0.930. The molecule has 1 amide bonds. The predicted octanol–water partition coefficient (Wildman–Crippen LogP) is 3.51. The van der Waals surface area contributed by atoms with E-state index in [0.29, 0.717) is 5.02 Å². The number of hydrogen-bond donors (Lipinski definition) is 1. The average Bonchev–Trinajstić information content (AvgIpc) is 2.40. The first-order valence-electron chi connectivity index (χ1n) is 6.11. The number of nitrogens with one attached hydrogen (secondary N) is 1. The number of piperidine rings is 1. The Morgan fingerprint density at radius 3 is 2.67 bits per heavy atom. The van der Waals surface area contributed by atoms with Crippen LogP contribution >= 0.6 is 23.2 Å². The maximum atomic E-state index is 11.4. The van der Waals surface area contributed by atoms with Crippen molar-refractivity contribution < 1.29 is 4.79 Å². The Balaban J connectivity index is 2.24. The fourth-order valence-electron chi connectivity index (χ4n) is 2.20. The van der Waals surface area contributed by atoms with Gasteiger partial charge in [-0.25, -0.2) is 0 Å². The van der Waals surface area contributed by atoms with Crippen LogP contribution in [0.5, 0.6) is 0 Å². The largest absolute Gasteiger partial charge is 0.370 e. The SMILES string of the molecule is O=C(CCl)Nc1cc(Cl)ccc1N1CCCCC1. The molecule has 0 saturated carbocycles. The number of hydrogen-bond acceptors (Lipinski definition) is 2. The zero-order valence-electron chi connectivity index (χ0n) is 10.1. The summed E-state index contributed by atoms with van der Waals surface area (Å²) in [5.41, 5.74) is 1.77. The van der Waals surface area contributed by atoms with Crippen LogP contribution in [0, 0.1) is 0 Å². The van der Waals surface area contributed by atoms with E-state index in [1.807, 2.05) is 12.1 Å². The van der Waals surface area contributed by atoms with Gasteiger partial charge < -0.3 is 10.2 Å². The highest BCUT2D eigenvalue weighted by Crippen LogP contribution is 2.31. The van der Waals surface area contributed by atoms with Crippen molar-refractivity contribution in [1.82, 2.24) is 0 Å². The number of anilines is 2. The molecule has 1 fully saturated rings. The van der Waals surface area contributed by atoms with Crippen molar-refractivity contribution in [3.8, 4) is 0 Å². The van der Waals surface area contributed by atoms with E-state index < -0.39 is 0 Å². The van der Waals surface area contributed by atoms with Crippen LogP contribution < -0.4 is 10.2 Å². The number of rotatable bonds is 3. The molecule has 0 bridgehead atoms. The van der Waals surface area contributed by atoms with Crippen LogP contribution in [0.3, 0.4) is 0 Å². The van der Waals surface area contributed by atoms with E-state index in [1.165, 1.54) is 19.3 Å². The van der Waals surface area contributed by atoms with Gasteiger partial charge in [-0.15, -0.1) is 11.6 Å². The smallest absolute Gasteiger partial charge is 0.239 e. The fraction of sp³-hybridized carbons (Fsp3) is 0.462. The van der Waals surface area contributed by atoms with E-state index in [9.17, 15) is 4.79 Å². The van der Waals surface area contributed by atoms with Crippen molar-refractivity contribution in [1.29, 1.82) is 0 Å². The molecule has 5 heteroatoms. The van der Waals surface area contributed by atoms with Crippen LogP contribution in [0.2, 0.25) is 5.02 Å². The van der Waals surface area contributed by atoms with E-state index in [4.69, 9.17) is 23.2 Å². The summed E-state index contributed by atoms with van der Waals surface area (Å²) in [5.74, 6) is -0.261. The number of alkyl halides is 1. The van der Waals surface area contributed by atoms with Gasteiger partial charge in [0.15, 0.2) is 0 Å². The third-order valence-corrected chi connectivity index (χ3v) is 3.53. The summed E-state index contributed by atoms with van der Waals surface area (Å²) in [7, 11) is 0.